The van der Waals surface area contributed by atoms with Crippen molar-refractivity contribution in [3.63, 3.8) is 0 Å². The predicted octanol–water partition coefficient (Wildman–Crippen LogP) is 0.397. The molecule has 2 saturated heterocycles. The average molecular weight is 467 g/mol. The number of aliphatic hydroxyl groups excluding tert-OH is 3. The van der Waals surface area contributed by atoms with Crippen molar-refractivity contribution in [1.29, 1.82) is 0 Å². The molecule has 0 bridgehead atoms. The van der Waals surface area contributed by atoms with Gasteiger partial charge >= 0.3 is 0 Å². The number of aliphatic hydroxyl groups is 3. The Hall–Kier alpha value is -0.420. The third-order valence-corrected chi connectivity index (χ3v) is 7.15. The minimum atomic E-state index is -1.39. The summed E-state index contributed by atoms with van der Waals surface area (Å²) in [5.41, 5.74) is -0.735. The Morgan fingerprint density at radius 3 is 2.50 bits per heavy atom. The van der Waals surface area contributed by atoms with Gasteiger partial charge in [-0.05, 0) is 58.2 Å². The molecule has 0 aliphatic carbocycles. The summed E-state index contributed by atoms with van der Waals surface area (Å²) in [5.74, 6) is 0.351. The van der Waals surface area contributed by atoms with Gasteiger partial charge in [0.25, 0.3) is 0 Å². The number of ketones is 1. The topological polar surface area (TPSA) is 128 Å². The Morgan fingerprint density at radius 1 is 1.20 bits per heavy atom. The minimum absolute atomic E-state index is 0.183. The summed E-state index contributed by atoms with van der Waals surface area (Å²) in [6.45, 7) is 3.97. The van der Waals surface area contributed by atoms with Gasteiger partial charge in [-0.1, -0.05) is 0 Å². The van der Waals surface area contributed by atoms with Crippen LogP contribution in [0.1, 0.15) is 46.0 Å². The molecule has 0 radical (unpaired) electrons. The Bertz CT molecular complexity index is 581. The highest BCUT2D eigenvalue weighted by Gasteiger charge is 2.48. The molecule has 5 N–H and O–H groups in total. The van der Waals surface area contributed by atoms with Crippen LogP contribution in [-0.4, -0.2) is 87.1 Å². The van der Waals surface area contributed by atoms with Crippen molar-refractivity contribution in [1.82, 2.24) is 10.6 Å². The summed E-state index contributed by atoms with van der Waals surface area (Å²) < 4.78 is 5.79. The molecule has 2 aliphatic rings. The Labute approximate surface area is 187 Å². The number of nitrogens with one attached hydrogen (secondary N) is 2. The monoisotopic (exact) mass is 466 g/mol. The van der Waals surface area contributed by atoms with Gasteiger partial charge in [0.05, 0.1) is 17.5 Å². The number of hydrogen-bond acceptors (Lipinski definition) is 8. The number of carbonyl (C=O) groups excluding carboxylic acids is 2. The molecule has 2 fully saturated rings. The lowest BCUT2D eigenvalue weighted by Gasteiger charge is -2.44. The molecule has 0 aromatic rings. The number of ether oxygens (including phenoxy) is 1. The maximum atomic E-state index is 12.9. The van der Waals surface area contributed by atoms with Crippen molar-refractivity contribution in [3.05, 3.63) is 0 Å². The van der Waals surface area contributed by atoms with E-state index < -0.39 is 47.3 Å². The molecule has 0 spiro atoms. The maximum Gasteiger partial charge on any atom is 0.237 e. The Balaban J connectivity index is 2.00. The fourth-order valence-corrected chi connectivity index (χ4v) is 5.00. The van der Waals surface area contributed by atoms with Gasteiger partial charge in [-0.15, -0.1) is 23.4 Å². The predicted molar refractivity (Wildman–Crippen MR) is 116 cm³/mol. The molecule has 174 valence electrons. The first-order chi connectivity index (χ1) is 14.1. The van der Waals surface area contributed by atoms with Gasteiger partial charge in [-0.25, -0.2) is 0 Å². The zero-order chi connectivity index (χ0) is 22.4. The first-order valence-corrected chi connectivity index (χ1v) is 12.3. The fraction of sp³-hybridized carbons (Fsp3) is 0.900. The van der Waals surface area contributed by atoms with Crippen LogP contribution in [0, 0.1) is 5.92 Å². The Kier molecular flexibility index (Phi) is 10.3. The van der Waals surface area contributed by atoms with E-state index >= 15 is 0 Å². The molecule has 0 aromatic heterocycles. The van der Waals surface area contributed by atoms with Crippen LogP contribution in [0.3, 0.4) is 0 Å². The van der Waals surface area contributed by atoms with E-state index in [2.05, 4.69) is 10.6 Å². The van der Waals surface area contributed by atoms with E-state index in [1.165, 1.54) is 11.8 Å². The molecule has 10 heteroatoms. The number of amides is 1. The summed E-state index contributed by atoms with van der Waals surface area (Å²) in [7, 11) is 0. The van der Waals surface area contributed by atoms with Gasteiger partial charge in [0.2, 0.25) is 5.91 Å². The van der Waals surface area contributed by atoms with Crippen molar-refractivity contribution in [3.8, 4) is 0 Å². The number of hydrogen-bond donors (Lipinski definition) is 5. The second kappa shape index (κ2) is 12.0. The summed E-state index contributed by atoms with van der Waals surface area (Å²) in [6.07, 6.45) is 0.570. The normalized spacial score (nSPS) is 37.1. The average Bonchev–Trinajstić information content (AvgIpc) is 2.95. The molecule has 2 heterocycles. The van der Waals surface area contributed by atoms with Gasteiger partial charge in [0.15, 0.2) is 0 Å². The number of thioether (sulfide) groups is 1. The number of rotatable bonds is 8. The van der Waals surface area contributed by atoms with Crippen LogP contribution in [0.4, 0.5) is 0 Å². The first kappa shape index (κ1) is 25.8. The van der Waals surface area contributed by atoms with Crippen LogP contribution < -0.4 is 10.6 Å². The number of carbonyl (C=O) groups is 2. The molecule has 5 unspecified atom stereocenters. The lowest BCUT2D eigenvalue weighted by molar-refractivity contribution is -0.205. The largest absolute Gasteiger partial charge is 0.388 e. The molecule has 30 heavy (non-hydrogen) atoms. The van der Waals surface area contributed by atoms with Gasteiger partial charge in [0, 0.05) is 6.42 Å². The molecular weight excluding hydrogens is 432 g/mol. The molecule has 2 aliphatic heterocycles. The van der Waals surface area contributed by atoms with Gasteiger partial charge in [-0.2, -0.15) is 0 Å². The standard InChI is InChI=1S/C20H35ClN2O6S/c1-10(24)4-5-12-6-7-13(22-9-8-12)19(28)23-14(11(2)21)18-16(26)15(25)17(27)20(29-18)30-3/h11-18,20,22,25-27H,4-9H2,1-3H3,(H,23,28)/t11-,12?,13?,14+,15?,16?,17+,18+,20?/m0/s1. The highest BCUT2D eigenvalue weighted by Crippen LogP contribution is 2.30. The molecule has 0 saturated carbocycles. The van der Waals surface area contributed by atoms with Crippen molar-refractivity contribution in [2.24, 2.45) is 5.92 Å². The van der Waals surface area contributed by atoms with E-state index in [0.717, 1.165) is 19.3 Å². The molecule has 2 rings (SSSR count). The number of alkyl halides is 1. The van der Waals surface area contributed by atoms with Crippen LogP contribution in [0.15, 0.2) is 0 Å². The van der Waals surface area contributed by atoms with E-state index in [9.17, 15) is 24.9 Å². The number of halogens is 1. The Morgan fingerprint density at radius 2 is 1.90 bits per heavy atom. The quantitative estimate of drug-likeness (QED) is 0.325. The smallest absolute Gasteiger partial charge is 0.237 e. The third-order valence-electron chi connectivity index (χ3n) is 6.02. The van der Waals surface area contributed by atoms with Crippen molar-refractivity contribution in [2.45, 2.75) is 93.3 Å². The first-order valence-electron chi connectivity index (χ1n) is 10.5. The minimum Gasteiger partial charge on any atom is -0.388 e. The van der Waals surface area contributed by atoms with Crippen molar-refractivity contribution in [2.75, 3.05) is 12.8 Å². The summed E-state index contributed by atoms with van der Waals surface area (Å²) in [6, 6.07) is -1.15. The van der Waals surface area contributed by atoms with Gasteiger partial charge < -0.3 is 35.5 Å². The SMILES string of the molecule is CSC1O[C@H]([C@H](NC(=O)C2CCC(CCC(C)=O)CCN2)[C@H](C)Cl)C(O)C(O)[C@H]1O. The fourth-order valence-electron chi connectivity index (χ4n) is 4.12. The second-order valence-corrected chi connectivity index (χ2v) is 9.99. The highest BCUT2D eigenvalue weighted by atomic mass is 35.5. The summed E-state index contributed by atoms with van der Waals surface area (Å²) in [4.78, 5) is 24.2. The summed E-state index contributed by atoms with van der Waals surface area (Å²) in [5, 5.41) is 36.3. The van der Waals surface area contributed by atoms with Crippen molar-refractivity contribution < 1.29 is 29.6 Å². The molecule has 1 amide bonds. The van der Waals surface area contributed by atoms with Crippen LogP contribution >= 0.6 is 23.4 Å². The van der Waals surface area contributed by atoms with E-state index in [4.69, 9.17) is 16.3 Å². The van der Waals surface area contributed by atoms with Gasteiger partial charge in [0.1, 0.15) is 35.6 Å². The highest BCUT2D eigenvalue weighted by molar-refractivity contribution is 7.99. The second-order valence-electron chi connectivity index (χ2n) is 8.37. The molecule has 8 nitrogen and oxygen atoms in total. The van der Waals surface area contributed by atoms with Crippen LogP contribution in [0.25, 0.3) is 0 Å². The molecule has 9 atom stereocenters. The maximum absolute atomic E-state index is 12.9. The van der Waals surface area contributed by atoms with Gasteiger partial charge in [-0.3, -0.25) is 4.79 Å². The van der Waals surface area contributed by atoms with E-state index in [1.807, 2.05) is 0 Å². The number of Topliss-reactive ketones (excluding diaryl/α,β-unsaturated/α-hetero) is 1. The molecular formula is C20H35ClN2O6S. The van der Waals surface area contributed by atoms with E-state index in [1.54, 1.807) is 20.1 Å². The van der Waals surface area contributed by atoms with Crippen LogP contribution in [-0.2, 0) is 14.3 Å². The third kappa shape index (κ3) is 6.79. The van der Waals surface area contributed by atoms with Crippen LogP contribution in [0.2, 0.25) is 0 Å². The van der Waals surface area contributed by atoms with Crippen LogP contribution in [0.5, 0.6) is 0 Å². The van der Waals surface area contributed by atoms with E-state index in [-0.39, 0.29) is 11.7 Å². The zero-order valence-corrected chi connectivity index (χ0v) is 19.4. The zero-order valence-electron chi connectivity index (χ0n) is 17.8. The summed E-state index contributed by atoms with van der Waals surface area (Å²) >= 11 is 7.53. The lowest BCUT2D eigenvalue weighted by Crippen LogP contribution is -2.65. The van der Waals surface area contributed by atoms with Crippen molar-refractivity contribution >= 4 is 35.1 Å². The van der Waals surface area contributed by atoms with E-state index in [0.29, 0.717) is 25.3 Å². The lowest BCUT2D eigenvalue weighted by atomic mass is 9.92. The molecule has 0 aromatic carbocycles.